The molecule has 3 rings (SSSR count). The maximum absolute atomic E-state index is 11.7. The van der Waals surface area contributed by atoms with Crippen LogP contribution in [-0.4, -0.2) is 68.3 Å². The maximum Gasteiger partial charge on any atom is 1.00 e. The Morgan fingerprint density at radius 3 is 2.68 bits per heavy atom. The summed E-state index contributed by atoms with van der Waals surface area (Å²) in [4.78, 5) is 24.0. The fourth-order valence-corrected chi connectivity index (χ4v) is 2.76. The van der Waals surface area contributed by atoms with E-state index in [0.29, 0.717) is 25.2 Å². The molecule has 1 N–H and O–H groups in total. The van der Waals surface area contributed by atoms with Crippen LogP contribution in [0.3, 0.4) is 0 Å². The van der Waals surface area contributed by atoms with Crippen LogP contribution in [0.4, 0.5) is 4.79 Å². The normalized spacial score (nSPS) is 20.8. The largest absolute Gasteiger partial charge is 1.00 e. The fourth-order valence-electron chi connectivity index (χ4n) is 2.76. The number of nitrogens with zero attached hydrogens (tertiary/aromatic N) is 5. The third-order valence-corrected chi connectivity index (χ3v) is 3.80. The molecule has 2 saturated heterocycles. The third-order valence-electron chi connectivity index (χ3n) is 3.80. The van der Waals surface area contributed by atoms with Crippen molar-refractivity contribution in [1.82, 2.24) is 19.9 Å². The van der Waals surface area contributed by atoms with E-state index in [1.807, 2.05) is 0 Å². The molecule has 3 heterocycles. The molecule has 13 heteroatoms. The van der Waals surface area contributed by atoms with Crippen molar-refractivity contribution in [2.24, 2.45) is 0 Å². The molecule has 0 aliphatic carbocycles. The predicted molar refractivity (Wildman–Crippen MR) is 77.9 cm³/mol. The van der Waals surface area contributed by atoms with Gasteiger partial charge in [-0.2, -0.15) is 0 Å². The number of rotatable bonds is 5. The van der Waals surface area contributed by atoms with Crippen LogP contribution in [-0.2, 0) is 28.4 Å². The number of carbonyl (C=O) groups excluding carboxylic acids is 1. The summed E-state index contributed by atoms with van der Waals surface area (Å²) < 4.78 is 27.0. The van der Waals surface area contributed by atoms with Crippen LogP contribution in [0.5, 0.6) is 0 Å². The number of aromatic nitrogens is 3. The van der Waals surface area contributed by atoms with Crippen LogP contribution >= 0.6 is 0 Å². The van der Waals surface area contributed by atoms with Gasteiger partial charge in [-0.1, -0.05) is 11.6 Å². The van der Waals surface area contributed by atoms with Crippen LogP contribution in [0.15, 0.2) is 6.20 Å². The van der Waals surface area contributed by atoms with Crippen LogP contribution in [0.2, 0.25) is 0 Å². The van der Waals surface area contributed by atoms with Gasteiger partial charge in [0.15, 0.2) is 6.03 Å². The van der Waals surface area contributed by atoms with Crippen molar-refractivity contribution in [3.05, 3.63) is 17.2 Å². The summed E-state index contributed by atoms with van der Waals surface area (Å²) in [5.41, 5.74) is 0.665. The van der Waals surface area contributed by atoms with Crippen molar-refractivity contribution in [3.8, 4) is 0 Å². The summed E-state index contributed by atoms with van der Waals surface area (Å²) in [7, 11) is -3.11. The topological polar surface area (TPSA) is 154 Å². The number of carboxylic acids is 1. The monoisotopic (exact) mass is 381 g/mol. The standard InChI is InChI=1S/C12H17N5O3.Na.O3S/c18-11(19)4-2-9-5-16(15-14-9)7-10-3-1-8-6-17(10)12(20)13-8;;1-4(2)3/h5,8,10H,1-4,6-7H2,(H2,13,18,19,20);;/q;+1;/p-1/t8-,10+;;/m1../s1. The minimum Gasteiger partial charge on any atom is -0.481 e. The molecular formula is C12H16N5NaO6S. The molecule has 0 unspecified atom stereocenters. The van der Waals surface area contributed by atoms with Crippen molar-refractivity contribution in [3.63, 3.8) is 0 Å². The molecule has 1 aromatic rings. The Kier molecular flexibility index (Phi) is 8.48. The molecule has 2 bridgehead atoms. The quantitative estimate of drug-likeness (QED) is 0.519. The predicted octanol–water partition coefficient (Wildman–Crippen LogP) is -3.36. The van der Waals surface area contributed by atoms with Crippen LogP contribution in [0.25, 0.3) is 5.32 Å². The number of piperidine rings is 1. The van der Waals surface area contributed by atoms with Crippen LogP contribution in [0, 0.1) is 0 Å². The second kappa shape index (κ2) is 9.85. The zero-order chi connectivity index (χ0) is 17.7. The van der Waals surface area contributed by atoms with Gasteiger partial charge < -0.3 is 15.3 Å². The first-order valence-corrected chi connectivity index (χ1v) is 8.24. The molecule has 2 aliphatic heterocycles. The zero-order valence-corrected chi connectivity index (χ0v) is 16.4. The van der Waals surface area contributed by atoms with E-state index in [1.165, 1.54) is 0 Å². The first-order valence-electron chi connectivity index (χ1n) is 7.24. The number of hydrogen-bond donors (Lipinski definition) is 1. The Morgan fingerprint density at radius 1 is 1.36 bits per heavy atom. The van der Waals surface area contributed by atoms with E-state index in [4.69, 9.17) is 17.7 Å². The van der Waals surface area contributed by atoms with Gasteiger partial charge in [0.25, 0.3) is 0 Å². The van der Waals surface area contributed by atoms with Gasteiger partial charge in [-0.3, -0.25) is 14.3 Å². The molecule has 25 heavy (non-hydrogen) atoms. The van der Waals surface area contributed by atoms with Crippen molar-refractivity contribution in [2.45, 2.75) is 44.3 Å². The molecule has 0 radical (unpaired) electrons. The second-order valence-corrected chi connectivity index (χ2v) is 5.89. The third kappa shape index (κ3) is 6.72. The average Bonchev–Trinajstić information content (AvgIpc) is 3.04. The molecule has 2 amide bonds. The Bertz CT molecular complexity index is 716. The summed E-state index contributed by atoms with van der Waals surface area (Å²) in [6.07, 6.45) is 4.04. The Hall–Kier alpha value is -1.50. The molecule has 11 nitrogen and oxygen atoms in total. The van der Waals surface area contributed by atoms with Crippen LogP contribution in [0.1, 0.15) is 25.0 Å². The molecule has 2 aliphatic rings. The summed E-state index contributed by atoms with van der Waals surface area (Å²) in [5.74, 6) is -0.845. The molecule has 0 spiro atoms. The van der Waals surface area contributed by atoms with Crippen molar-refractivity contribution in [2.75, 3.05) is 6.54 Å². The molecule has 132 valence electrons. The average molecular weight is 381 g/mol. The molecule has 0 saturated carbocycles. The van der Waals surface area contributed by atoms with Gasteiger partial charge in [0, 0.05) is 19.2 Å². The Morgan fingerprint density at radius 2 is 2.04 bits per heavy atom. The fraction of sp³-hybridized carbons (Fsp3) is 0.667. The molecule has 0 aromatic carbocycles. The Labute approximate surface area is 167 Å². The maximum atomic E-state index is 11.7. The molecule has 2 fully saturated rings. The number of hydrogen-bond acceptors (Lipinski definition) is 7. The van der Waals surface area contributed by atoms with Gasteiger partial charge in [0.1, 0.15) is 0 Å². The van der Waals surface area contributed by atoms with Crippen molar-refractivity contribution < 1.29 is 56.9 Å². The molecule has 2 atom stereocenters. The van der Waals surface area contributed by atoms with E-state index < -0.39 is 16.6 Å². The van der Waals surface area contributed by atoms with E-state index >= 15 is 0 Å². The number of amides is 2. The Balaban J connectivity index is 0.000000568. The number of aliphatic carboxylic acids is 1. The summed E-state index contributed by atoms with van der Waals surface area (Å²) in [6, 6.07) is 0.156. The van der Waals surface area contributed by atoms with Crippen molar-refractivity contribution >= 4 is 22.6 Å². The van der Waals surface area contributed by atoms with Gasteiger partial charge in [-0.15, -0.1) is 17.7 Å². The van der Waals surface area contributed by atoms with E-state index in [-0.39, 0.29) is 54.1 Å². The first kappa shape index (κ1) is 21.5. The number of fused-ring (bicyclic) bond motifs is 2. The zero-order valence-electron chi connectivity index (χ0n) is 13.6. The van der Waals surface area contributed by atoms with Gasteiger partial charge in [0.05, 0.1) is 12.1 Å². The number of urea groups is 1. The van der Waals surface area contributed by atoms with Gasteiger partial charge in [0.2, 0.25) is 0 Å². The molecule has 1 aromatic heterocycles. The summed E-state index contributed by atoms with van der Waals surface area (Å²) >= 11 is 0. The van der Waals surface area contributed by atoms with Gasteiger partial charge >= 0.3 is 46.1 Å². The SMILES string of the molecule is O=C(O)CCc1cn(C[C@@H]2CC[C@@H]3CN2C(=O)[N-]3)nn1.O=S(=O)=O.[Na+]. The smallest absolute Gasteiger partial charge is 0.481 e. The second-order valence-electron chi connectivity index (χ2n) is 5.48. The number of carboxylic acid groups (broad SMARTS) is 1. The minimum absolute atomic E-state index is 0. The minimum atomic E-state index is -3.11. The van der Waals surface area contributed by atoms with E-state index in [9.17, 15) is 9.59 Å². The van der Waals surface area contributed by atoms with Crippen LogP contribution < -0.4 is 29.6 Å². The van der Waals surface area contributed by atoms with E-state index in [2.05, 4.69) is 15.6 Å². The molecular weight excluding hydrogens is 365 g/mol. The summed E-state index contributed by atoms with van der Waals surface area (Å²) in [6.45, 7) is 1.30. The number of aryl methyl sites for hydroxylation is 1. The summed E-state index contributed by atoms with van der Waals surface area (Å²) in [5, 5.41) is 20.7. The number of carbonyl (C=O) groups is 2. The van der Waals surface area contributed by atoms with Gasteiger partial charge in [-0.05, 0) is 25.0 Å². The first-order chi connectivity index (χ1) is 11.3. The van der Waals surface area contributed by atoms with Crippen molar-refractivity contribution in [1.29, 1.82) is 0 Å². The van der Waals surface area contributed by atoms with E-state index in [1.54, 1.807) is 15.8 Å². The van der Waals surface area contributed by atoms with E-state index in [0.717, 1.165) is 12.8 Å². The van der Waals surface area contributed by atoms with Gasteiger partial charge in [-0.25, -0.2) is 0 Å².